The molecule has 0 saturated heterocycles. The molecule has 0 atom stereocenters. The fourth-order valence-electron chi connectivity index (χ4n) is 2.72. The smallest absolute Gasteiger partial charge is 0.262 e. The number of sulfone groups is 1. The third-order valence-electron chi connectivity index (χ3n) is 4.26. The number of ether oxygens (including phenoxy) is 1. The number of anilines is 2. The fraction of sp³-hybridized carbons (Fsp3) is 0.350. The molecular formula is C20H25FN2O6S2. The maximum Gasteiger partial charge on any atom is 0.262 e. The molecule has 2 N–H and O–H groups in total. The molecular weight excluding hydrogens is 447 g/mol. The Morgan fingerprint density at radius 2 is 1.71 bits per heavy atom. The molecule has 8 nitrogen and oxygen atoms in total. The summed E-state index contributed by atoms with van der Waals surface area (Å²) in [4.78, 5) is 12.0. The van der Waals surface area contributed by atoms with Crippen molar-refractivity contribution in [2.45, 2.75) is 31.1 Å². The van der Waals surface area contributed by atoms with Gasteiger partial charge in [-0.15, -0.1) is 0 Å². The number of nitrogens with one attached hydrogen (secondary N) is 2. The second kappa shape index (κ2) is 10.6. The lowest BCUT2D eigenvalue weighted by molar-refractivity contribution is -0.113. The van der Waals surface area contributed by atoms with Gasteiger partial charge in [0.05, 0.1) is 23.4 Å². The largest absolute Gasteiger partial charge is 0.495 e. The van der Waals surface area contributed by atoms with Crippen LogP contribution in [0.3, 0.4) is 0 Å². The van der Waals surface area contributed by atoms with Crippen LogP contribution in [0.25, 0.3) is 0 Å². The first-order valence-electron chi connectivity index (χ1n) is 9.53. The number of unbranched alkanes of at least 4 members (excludes halogenated alkanes) is 2. The molecule has 0 spiro atoms. The van der Waals surface area contributed by atoms with Crippen LogP contribution in [0.1, 0.15) is 26.2 Å². The van der Waals surface area contributed by atoms with Crippen molar-refractivity contribution in [1.82, 2.24) is 0 Å². The van der Waals surface area contributed by atoms with Crippen LogP contribution in [-0.4, -0.2) is 41.4 Å². The summed E-state index contributed by atoms with van der Waals surface area (Å²) in [5.74, 6) is -1.87. The van der Waals surface area contributed by atoms with E-state index in [1.165, 1.54) is 25.3 Å². The number of hydrogen-bond donors (Lipinski definition) is 2. The Morgan fingerprint density at radius 3 is 2.32 bits per heavy atom. The third kappa shape index (κ3) is 7.51. The Kier molecular flexibility index (Phi) is 8.40. The van der Waals surface area contributed by atoms with Gasteiger partial charge in [-0.25, -0.2) is 21.2 Å². The Morgan fingerprint density at radius 1 is 1.03 bits per heavy atom. The SMILES string of the molecule is CCCCCS(=O)(=O)CC(=O)Nc1ccc(OC)c(NS(=O)(=O)c2ccc(F)cc2)c1. The van der Waals surface area contributed by atoms with E-state index < -0.39 is 37.3 Å². The van der Waals surface area contributed by atoms with Gasteiger partial charge < -0.3 is 10.1 Å². The number of methoxy groups -OCH3 is 1. The molecule has 31 heavy (non-hydrogen) atoms. The van der Waals surface area contributed by atoms with Gasteiger partial charge in [-0.2, -0.15) is 0 Å². The van der Waals surface area contributed by atoms with E-state index in [-0.39, 0.29) is 27.8 Å². The molecule has 170 valence electrons. The molecule has 1 amide bonds. The van der Waals surface area contributed by atoms with Gasteiger partial charge in [0.1, 0.15) is 17.3 Å². The number of hydrogen-bond acceptors (Lipinski definition) is 6. The van der Waals surface area contributed by atoms with Gasteiger partial charge in [-0.05, 0) is 48.9 Å². The number of benzene rings is 2. The molecule has 2 aromatic carbocycles. The molecule has 0 saturated carbocycles. The first-order valence-corrected chi connectivity index (χ1v) is 12.8. The summed E-state index contributed by atoms with van der Waals surface area (Å²) in [6.07, 6.45) is 2.12. The Bertz CT molecular complexity index is 1120. The fourth-order valence-corrected chi connectivity index (χ4v) is 5.05. The quantitative estimate of drug-likeness (QED) is 0.485. The van der Waals surface area contributed by atoms with E-state index in [0.717, 1.165) is 37.1 Å². The van der Waals surface area contributed by atoms with Crippen molar-refractivity contribution in [3.8, 4) is 5.75 Å². The highest BCUT2D eigenvalue weighted by Crippen LogP contribution is 2.30. The molecule has 2 rings (SSSR count). The van der Waals surface area contributed by atoms with Gasteiger partial charge >= 0.3 is 0 Å². The molecule has 0 aromatic heterocycles. The summed E-state index contributed by atoms with van der Waals surface area (Å²) in [6.45, 7) is 1.95. The zero-order chi connectivity index (χ0) is 23.1. The maximum atomic E-state index is 13.1. The standard InChI is InChI=1S/C20H25FN2O6S2/c1-3-4-5-12-30(25,26)14-20(24)22-16-8-11-19(29-2)18(13-16)23-31(27,28)17-9-6-15(21)7-10-17/h6-11,13,23H,3-5,12,14H2,1-2H3,(H,22,24). The number of halogens is 1. The van der Waals surface area contributed by atoms with Crippen molar-refractivity contribution in [2.24, 2.45) is 0 Å². The first kappa shape index (κ1) is 24.6. The van der Waals surface area contributed by atoms with E-state index in [1.807, 2.05) is 6.92 Å². The zero-order valence-electron chi connectivity index (χ0n) is 17.2. The summed E-state index contributed by atoms with van der Waals surface area (Å²) < 4.78 is 69.8. The summed E-state index contributed by atoms with van der Waals surface area (Å²) in [6, 6.07) is 8.44. The summed E-state index contributed by atoms with van der Waals surface area (Å²) >= 11 is 0. The molecule has 0 fully saturated rings. The van der Waals surface area contributed by atoms with Crippen molar-refractivity contribution < 1.29 is 30.8 Å². The minimum atomic E-state index is -4.05. The normalized spacial score (nSPS) is 11.7. The van der Waals surface area contributed by atoms with Crippen molar-refractivity contribution >= 4 is 37.1 Å². The lowest BCUT2D eigenvalue weighted by Crippen LogP contribution is -2.24. The van der Waals surface area contributed by atoms with Crippen molar-refractivity contribution in [1.29, 1.82) is 0 Å². The highest BCUT2D eigenvalue weighted by atomic mass is 32.2. The Labute approximate surface area is 181 Å². The summed E-state index contributed by atoms with van der Waals surface area (Å²) in [7, 11) is -6.26. The van der Waals surface area contributed by atoms with E-state index in [4.69, 9.17) is 4.74 Å². The molecule has 2 aromatic rings. The number of carbonyl (C=O) groups excluding carboxylic acids is 1. The van der Waals surface area contributed by atoms with Crippen molar-refractivity contribution in [3.05, 3.63) is 48.3 Å². The van der Waals surface area contributed by atoms with Gasteiger partial charge in [0.25, 0.3) is 10.0 Å². The predicted molar refractivity (Wildman–Crippen MR) is 117 cm³/mol. The van der Waals surface area contributed by atoms with Crippen LogP contribution in [0, 0.1) is 5.82 Å². The Balaban J connectivity index is 2.16. The molecule has 11 heteroatoms. The number of rotatable bonds is 11. The maximum absolute atomic E-state index is 13.1. The summed E-state index contributed by atoms with van der Waals surface area (Å²) in [5.41, 5.74) is 0.210. The van der Waals surface area contributed by atoms with Crippen LogP contribution in [0.4, 0.5) is 15.8 Å². The lowest BCUT2D eigenvalue weighted by atomic mass is 10.2. The topological polar surface area (TPSA) is 119 Å². The van der Waals surface area contributed by atoms with Crippen molar-refractivity contribution in [2.75, 3.05) is 28.7 Å². The predicted octanol–water partition coefficient (Wildman–Crippen LogP) is 3.18. The number of sulfonamides is 1. The average Bonchev–Trinajstić information content (AvgIpc) is 2.68. The molecule has 0 heterocycles. The number of amides is 1. The molecule has 0 bridgehead atoms. The first-order chi connectivity index (χ1) is 14.6. The highest BCUT2D eigenvalue weighted by Gasteiger charge is 2.19. The van der Waals surface area contributed by atoms with E-state index in [0.29, 0.717) is 6.42 Å². The second-order valence-corrected chi connectivity index (χ2v) is 10.7. The lowest BCUT2D eigenvalue weighted by Gasteiger charge is -2.14. The van der Waals surface area contributed by atoms with Crippen LogP contribution in [0.15, 0.2) is 47.4 Å². The minimum Gasteiger partial charge on any atom is -0.495 e. The van der Waals surface area contributed by atoms with E-state index in [2.05, 4.69) is 10.0 Å². The van der Waals surface area contributed by atoms with Crippen molar-refractivity contribution in [3.63, 3.8) is 0 Å². The molecule has 0 unspecified atom stereocenters. The van der Waals surface area contributed by atoms with E-state index in [9.17, 15) is 26.0 Å². The van der Waals surface area contributed by atoms with Crippen LogP contribution in [0.2, 0.25) is 0 Å². The van der Waals surface area contributed by atoms with Gasteiger partial charge in [0, 0.05) is 5.69 Å². The van der Waals surface area contributed by atoms with E-state index in [1.54, 1.807) is 0 Å². The number of carbonyl (C=O) groups is 1. The van der Waals surface area contributed by atoms with Crippen LogP contribution in [-0.2, 0) is 24.7 Å². The highest BCUT2D eigenvalue weighted by molar-refractivity contribution is 7.92. The van der Waals surface area contributed by atoms with Gasteiger partial charge in [-0.3, -0.25) is 9.52 Å². The second-order valence-electron chi connectivity index (χ2n) is 6.82. The van der Waals surface area contributed by atoms with Crippen LogP contribution >= 0.6 is 0 Å². The van der Waals surface area contributed by atoms with Crippen LogP contribution in [0.5, 0.6) is 5.75 Å². The van der Waals surface area contributed by atoms with Gasteiger partial charge in [0.15, 0.2) is 9.84 Å². The summed E-state index contributed by atoms with van der Waals surface area (Å²) in [5, 5.41) is 2.46. The monoisotopic (exact) mass is 472 g/mol. The Hall–Kier alpha value is -2.66. The van der Waals surface area contributed by atoms with E-state index >= 15 is 0 Å². The molecule has 0 aliphatic carbocycles. The average molecular weight is 473 g/mol. The molecule has 0 aliphatic rings. The zero-order valence-corrected chi connectivity index (χ0v) is 18.9. The molecule has 0 aliphatic heterocycles. The van der Waals surface area contributed by atoms with Crippen LogP contribution < -0.4 is 14.8 Å². The van der Waals surface area contributed by atoms with Gasteiger partial charge in [0.2, 0.25) is 5.91 Å². The molecule has 0 radical (unpaired) electrons. The minimum absolute atomic E-state index is 0.0235. The third-order valence-corrected chi connectivity index (χ3v) is 7.26. The van der Waals surface area contributed by atoms with Gasteiger partial charge in [-0.1, -0.05) is 19.8 Å².